The first-order chi connectivity index (χ1) is 8.13. The van der Waals surface area contributed by atoms with Gasteiger partial charge in [0.15, 0.2) is 5.96 Å². The summed E-state index contributed by atoms with van der Waals surface area (Å²) in [6, 6.07) is 3.96. The number of pyridine rings is 1. The molecule has 3 N–H and O–H groups in total. The van der Waals surface area contributed by atoms with Crippen LogP contribution in [0.25, 0.3) is 0 Å². The van der Waals surface area contributed by atoms with Crippen LogP contribution in [0.2, 0.25) is 0 Å². The van der Waals surface area contributed by atoms with Crippen molar-refractivity contribution >= 4 is 35.8 Å². The molecule has 1 aromatic heterocycles. The van der Waals surface area contributed by atoms with Crippen molar-refractivity contribution < 1.29 is 0 Å². The van der Waals surface area contributed by atoms with E-state index >= 15 is 0 Å². The maximum absolute atomic E-state index is 5.72. The minimum atomic E-state index is 0. The average molecular weight is 363 g/mol. The Morgan fingerprint density at radius 3 is 2.83 bits per heavy atom. The minimum Gasteiger partial charge on any atom is -0.370 e. The predicted molar refractivity (Wildman–Crippen MR) is 87.6 cm³/mol. The van der Waals surface area contributed by atoms with Crippen LogP contribution in [0.4, 0.5) is 5.82 Å². The van der Waals surface area contributed by atoms with Crippen LogP contribution in [0.5, 0.6) is 0 Å². The molecule has 6 heteroatoms. The first kappa shape index (κ1) is 16.9. The first-order valence-corrected chi connectivity index (χ1v) is 5.79. The molecule has 1 aromatic rings. The predicted octanol–water partition coefficient (Wildman–Crippen LogP) is 1.58. The summed E-state index contributed by atoms with van der Waals surface area (Å²) in [5.41, 5.74) is 6.82. The van der Waals surface area contributed by atoms with Crippen LogP contribution >= 0.6 is 24.0 Å². The molecule has 1 heterocycles. The standard InChI is InChI=1S/C12H21N5.HI/c1-4-6-15-12(13)16-9-10-5-7-14-11(8-10)17(2)3;/h5,7-8H,4,6,9H2,1-3H3,(H3,13,15,16);1H. The maximum Gasteiger partial charge on any atom is 0.188 e. The second-order valence-corrected chi connectivity index (χ2v) is 4.04. The fourth-order valence-corrected chi connectivity index (χ4v) is 1.29. The number of aliphatic imine (C=N–C) groups is 1. The average Bonchev–Trinajstić information content (AvgIpc) is 2.34. The summed E-state index contributed by atoms with van der Waals surface area (Å²) >= 11 is 0. The lowest BCUT2D eigenvalue weighted by molar-refractivity contribution is 0.825. The van der Waals surface area contributed by atoms with Crippen molar-refractivity contribution in [3.05, 3.63) is 23.9 Å². The van der Waals surface area contributed by atoms with Gasteiger partial charge in [-0.3, -0.25) is 0 Å². The van der Waals surface area contributed by atoms with Gasteiger partial charge in [-0.05, 0) is 24.1 Å². The third-order valence-corrected chi connectivity index (χ3v) is 2.26. The number of aromatic nitrogens is 1. The van der Waals surface area contributed by atoms with Gasteiger partial charge in [-0.2, -0.15) is 0 Å². The van der Waals surface area contributed by atoms with Gasteiger partial charge in [-0.15, -0.1) is 24.0 Å². The van der Waals surface area contributed by atoms with Crippen LogP contribution in [0.3, 0.4) is 0 Å². The normalized spacial score (nSPS) is 10.7. The number of nitrogens with one attached hydrogen (secondary N) is 1. The summed E-state index contributed by atoms with van der Waals surface area (Å²) < 4.78 is 0. The van der Waals surface area contributed by atoms with Gasteiger partial charge < -0.3 is 16.0 Å². The molecule has 0 unspecified atom stereocenters. The van der Waals surface area contributed by atoms with Gasteiger partial charge >= 0.3 is 0 Å². The van der Waals surface area contributed by atoms with E-state index in [0.717, 1.165) is 24.3 Å². The molecule has 0 amide bonds. The molecule has 0 saturated carbocycles. The smallest absolute Gasteiger partial charge is 0.188 e. The summed E-state index contributed by atoms with van der Waals surface area (Å²) in [7, 11) is 3.93. The quantitative estimate of drug-likeness (QED) is 0.474. The van der Waals surface area contributed by atoms with Crippen molar-refractivity contribution in [1.29, 1.82) is 0 Å². The van der Waals surface area contributed by atoms with Crippen LogP contribution in [-0.2, 0) is 6.54 Å². The summed E-state index contributed by atoms with van der Waals surface area (Å²) in [6.45, 7) is 3.52. The largest absolute Gasteiger partial charge is 0.370 e. The summed E-state index contributed by atoms with van der Waals surface area (Å²) in [4.78, 5) is 10.5. The Morgan fingerprint density at radius 1 is 1.50 bits per heavy atom. The Kier molecular flexibility index (Phi) is 8.43. The molecule has 0 aromatic carbocycles. The number of hydrogen-bond donors (Lipinski definition) is 2. The third-order valence-electron chi connectivity index (χ3n) is 2.26. The molecule has 0 radical (unpaired) electrons. The molecule has 0 spiro atoms. The lowest BCUT2D eigenvalue weighted by Gasteiger charge is -2.11. The van der Waals surface area contributed by atoms with E-state index < -0.39 is 0 Å². The highest BCUT2D eigenvalue weighted by molar-refractivity contribution is 14.0. The van der Waals surface area contributed by atoms with Crippen molar-refractivity contribution in [3.63, 3.8) is 0 Å². The number of rotatable bonds is 5. The van der Waals surface area contributed by atoms with Gasteiger partial charge in [0.1, 0.15) is 5.82 Å². The molecule has 102 valence electrons. The summed E-state index contributed by atoms with van der Waals surface area (Å²) in [5, 5.41) is 3.04. The molecule has 0 atom stereocenters. The van der Waals surface area contributed by atoms with E-state index in [1.807, 2.05) is 31.1 Å². The van der Waals surface area contributed by atoms with Gasteiger partial charge in [-0.1, -0.05) is 6.92 Å². The topological polar surface area (TPSA) is 66.5 Å². The van der Waals surface area contributed by atoms with Crippen molar-refractivity contribution in [2.75, 3.05) is 25.5 Å². The van der Waals surface area contributed by atoms with Crippen molar-refractivity contribution in [2.45, 2.75) is 19.9 Å². The lowest BCUT2D eigenvalue weighted by Crippen LogP contribution is -2.32. The van der Waals surface area contributed by atoms with E-state index in [0.29, 0.717) is 12.5 Å². The number of guanidine groups is 1. The van der Waals surface area contributed by atoms with Crippen LogP contribution in [0.15, 0.2) is 23.3 Å². The van der Waals surface area contributed by atoms with E-state index in [2.05, 4.69) is 22.2 Å². The summed E-state index contributed by atoms with van der Waals surface area (Å²) in [5.74, 6) is 1.42. The van der Waals surface area contributed by atoms with Gasteiger partial charge in [0.05, 0.1) is 6.54 Å². The zero-order valence-corrected chi connectivity index (χ0v) is 13.5. The highest BCUT2D eigenvalue weighted by Crippen LogP contribution is 2.10. The molecule has 0 aliphatic heterocycles. The number of halogens is 1. The first-order valence-electron chi connectivity index (χ1n) is 5.79. The van der Waals surface area contributed by atoms with E-state index in [1.165, 1.54) is 0 Å². The minimum absolute atomic E-state index is 0. The van der Waals surface area contributed by atoms with Gasteiger partial charge in [0.25, 0.3) is 0 Å². The highest BCUT2D eigenvalue weighted by atomic mass is 127. The van der Waals surface area contributed by atoms with Gasteiger partial charge in [0.2, 0.25) is 0 Å². The fraction of sp³-hybridized carbons (Fsp3) is 0.500. The number of nitrogens with two attached hydrogens (primary N) is 1. The van der Waals surface area contributed by atoms with Crippen molar-refractivity contribution in [3.8, 4) is 0 Å². The zero-order valence-electron chi connectivity index (χ0n) is 11.2. The second kappa shape index (κ2) is 8.96. The Labute approximate surface area is 126 Å². The lowest BCUT2D eigenvalue weighted by atomic mass is 10.2. The summed E-state index contributed by atoms with van der Waals surface area (Å²) in [6.07, 6.45) is 2.83. The van der Waals surface area contributed by atoms with E-state index in [4.69, 9.17) is 5.73 Å². The number of nitrogens with zero attached hydrogens (tertiary/aromatic N) is 3. The van der Waals surface area contributed by atoms with E-state index in [1.54, 1.807) is 6.20 Å². The molecular formula is C12H22IN5. The maximum atomic E-state index is 5.72. The van der Waals surface area contributed by atoms with E-state index in [-0.39, 0.29) is 24.0 Å². The molecule has 0 fully saturated rings. The van der Waals surface area contributed by atoms with Crippen LogP contribution < -0.4 is 16.0 Å². The fourth-order valence-electron chi connectivity index (χ4n) is 1.29. The third kappa shape index (κ3) is 6.04. The molecule has 1 rings (SSSR count). The molecule has 0 aliphatic carbocycles. The SMILES string of the molecule is CCCNC(N)=NCc1ccnc(N(C)C)c1.I. The second-order valence-electron chi connectivity index (χ2n) is 4.04. The zero-order chi connectivity index (χ0) is 12.7. The molecule has 18 heavy (non-hydrogen) atoms. The number of hydrogen-bond acceptors (Lipinski definition) is 3. The van der Waals surface area contributed by atoms with Gasteiger partial charge in [-0.25, -0.2) is 9.98 Å². The molecular weight excluding hydrogens is 341 g/mol. The molecule has 0 aliphatic rings. The molecule has 0 bridgehead atoms. The monoisotopic (exact) mass is 363 g/mol. The Balaban J connectivity index is 0.00000289. The molecule has 0 saturated heterocycles. The van der Waals surface area contributed by atoms with Crippen LogP contribution in [0, 0.1) is 0 Å². The van der Waals surface area contributed by atoms with Crippen LogP contribution in [0.1, 0.15) is 18.9 Å². The van der Waals surface area contributed by atoms with E-state index in [9.17, 15) is 0 Å². The Bertz CT molecular complexity index is 378. The Morgan fingerprint density at radius 2 is 2.22 bits per heavy atom. The van der Waals surface area contributed by atoms with Crippen LogP contribution in [-0.4, -0.2) is 31.6 Å². The Hall–Kier alpha value is -1.05. The molecule has 5 nitrogen and oxygen atoms in total. The highest BCUT2D eigenvalue weighted by Gasteiger charge is 1.98. The van der Waals surface area contributed by atoms with Crippen molar-refractivity contribution in [2.24, 2.45) is 10.7 Å². The van der Waals surface area contributed by atoms with Crippen molar-refractivity contribution in [1.82, 2.24) is 10.3 Å². The number of anilines is 1. The van der Waals surface area contributed by atoms with Gasteiger partial charge in [0, 0.05) is 26.8 Å².